The molecule has 3 rings (SSSR count). The Morgan fingerprint density at radius 3 is 2.78 bits per heavy atom. The third kappa shape index (κ3) is 4.09. The number of benzene rings is 1. The summed E-state index contributed by atoms with van der Waals surface area (Å²) in [6.07, 6.45) is 3.98. The van der Waals surface area contributed by atoms with Crippen LogP contribution >= 0.6 is 12.4 Å². The van der Waals surface area contributed by atoms with Crippen molar-refractivity contribution in [2.45, 2.75) is 44.7 Å². The van der Waals surface area contributed by atoms with Crippen LogP contribution in [-0.4, -0.2) is 24.7 Å². The van der Waals surface area contributed by atoms with Gasteiger partial charge in [-0.15, -0.1) is 12.4 Å². The van der Waals surface area contributed by atoms with Crippen molar-refractivity contribution in [1.29, 1.82) is 0 Å². The van der Waals surface area contributed by atoms with Gasteiger partial charge < -0.3 is 20.5 Å². The van der Waals surface area contributed by atoms with E-state index in [1.54, 1.807) is 0 Å². The third-order valence-electron chi connectivity index (χ3n) is 4.64. The summed E-state index contributed by atoms with van der Waals surface area (Å²) in [4.78, 5) is 12.4. The second-order valence-corrected chi connectivity index (χ2v) is 6.50. The molecule has 1 saturated carbocycles. The van der Waals surface area contributed by atoms with Crippen molar-refractivity contribution in [3.8, 4) is 11.5 Å². The SMILES string of the molecule is CC1(N)CCCCC1C(=O)NCc1ccc2c(c1)OCCO2.Cl. The molecule has 0 aromatic heterocycles. The maximum absolute atomic E-state index is 12.4. The number of nitrogens with one attached hydrogen (secondary N) is 1. The van der Waals surface area contributed by atoms with Gasteiger partial charge in [0.05, 0.1) is 5.92 Å². The number of ether oxygens (including phenoxy) is 2. The summed E-state index contributed by atoms with van der Waals surface area (Å²) >= 11 is 0. The van der Waals surface area contributed by atoms with Crippen molar-refractivity contribution in [1.82, 2.24) is 5.32 Å². The smallest absolute Gasteiger partial charge is 0.225 e. The molecule has 0 saturated heterocycles. The van der Waals surface area contributed by atoms with Gasteiger partial charge in [-0.2, -0.15) is 0 Å². The Bertz CT molecular complexity index is 563. The Hall–Kier alpha value is -1.46. The van der Waals surface area contributed by atoms with Crippen LogP contribution in [0.3, 0.4) is 0 Å². The van der Waals surface area contributed by atoms with Crippen molar-refractivity contribution in [2.75, 3.05) is 13.2 Å². The van der Waals surface area contributed by atoms with Crippen molar-refractivity contribution in [2.24, 2.45) is 11.7 Å². The first-order valence-electron chi connectivity index (χ1n) is 8.01. The number of hydrogen-bond donors (Lipinski definition) is 2. The lowest BCUT2D eigenvalue weighted by Crippen LogP contribution is -2.52. The average molecular weight is 341 g/mol. The fourth-order valence-electron chi connectivity index (χ4n) is 3.30. The Labute approximate surface area is 143 Å². The fraction of sp³-hybridized carbons (Fsp3) is 0.588. The molecule has 0 radical (unpaired) electrons. The van der Waals surface area contributed by atoms with Gasteiger partial charge >= 0.3 is 0 Å². The van der Waals surface area contributed by atoms with Gasteiger partial charge in [-0.25, -0.2) is 0 Å². The molecule has 128 valence electrons. The van der Waals surface area contributed by atoms with Gasteiger partial charge in [-0.1, -0.05) is 18.9 Å². The Balaban J connectivity index is 0.00000192. The molecule has 1 amide bonds. The van der Waals surface area contributed by atoms with E-state index in [9.17, 15) is 4.79 Å². The molecule has 6 heteroatoms. The Morgan fingerprint density at radius 2 is 2.04 bits per heavy atom. The summed E-state index contributed by atoms with van der Waals surface area (Å²) < 4.78 is 11.1. The maximum atomic E-state index is 12.4. The Kier molecular flexibility index (Phi) is 5.76. The quantitative estimate of drug-likeness (QED) is 0.886. The summed E-state index contributed by atoms with van der Waals surface area (Å²) in [5.41, 5.74) is 6.90. The van der Waals surface area contributed by atoms with Crippen molar-refractivity contribution >= 4 is 18.3 Å². The lowest BCUT2D eigenvalue weighted by atomic mass is 9.74. The van der Waals surface area contributed by atoms with Gasteiger partial charge in [0.15, 0.2) is 11.5 Å². The number of halogens is 1. The van der Waals surface area contributed by atoms with E-state index in [1.807, 2.05) is 25.1 Å². The first kappa shape index (κ1) is 17.9. The van der Waals surface area contributed by atoms with Crippen LogP contribution in [0.25, 0.3) is 0 Å². The van der Waals surface area contributed by atoms with Crippen molar-refractivity contribution in [3.63, 3.8) is 0 Å². The molecule has 1 heterocycles. The highest BCUT2D eigenvalue weighted by atomic mass is 35.5. The zero-order valence-electron chi connectivity index (χ0n) is 13.5. The molecule has 3 N–H and O–H groups in total. The molecule has 1 aliphatic heterocycles. The topological polar surface area (TPSA) is 73.6 Å². The molecular formula is C17H25ClN2O3. The average Bonchev–Trinajstić information content (AvgIpc) is 2.52. The number of rotatable bonds is 3. The van der Waals surface area contributed by atoms with Crippen molar-refractivity contribution in [3.05, 3.63) is 23.8 Å². The van der Waals surface area contributed by atoms with Crippen LogP contribution in [0.4, 0.5) is 0 Å². The van der Waals surface area contributed by atoms with Crippen LogP contribution in [0.15, 0.2) is 18.2 Å². The number of carbonyl (C=O) groups excluding carboxylic acids is 1. The van der Waals surface area contributed by atoms with E-state index in [4.69, 9.17) is 15.2 Å². The summed E-state index contributed by atoms with van der Waals surface area (Å²) in [5.74, 6) is 1.47. The van der Waals surface area contributed by atoms with Crippen LogP contribution in [0, 0.1) is 5.92 Å². The first-order chi connectivity index (χ1) is 10.6. The molecule has 5 nitrogen and oxygen atoms in total. The van der Waals surface area contributed by atoms with E-state index in [1.165, 1.54) is 0 Å². The summed E-state index contributed by atoms with van der Waals surface area (Å²) in [7, 11) is 0. The molecule has 0 bridgehead atoms. The second-order valence-electron chi connectivity index (χ2n) is 6.50. The zero-order chi connectivity index (χ0) is 15.6. The van der Waals surface area contributed by atoms with Crippen LogP contribution in [0.2, 0.25) is 0 Å². The minimum absolute atomic E-state index is 0. The molecule has 1 aromatic rings. The highest BCUT2D eigenvalue weighted by molar-refractivity contribution is 5.85. The third-order valence-corrected chi connectivity index (χ3v) is 4.64. The monoisotopic (exact) mass is 340 g/mol. The minimum Gasteiger partial charge on any atom is -0.486 e. The molecular weight excluding hydrogens is 316 g/mol. The molecule has 1 fully saturated rings. The van der Waals surface area contributed by atoms with Gasteiger partial charge in [0.2, 0.25) is 5.91 Å². The number of hydrogen-bond acceptors (Lipinski definition) is 4. The normalized spacial score (nSPS) is 26.1. The zero-order valence-corrected chi connectivity index (χ0v) is 14.3. The van der Waals surface area contributed by atoms with E-state index >= 15 is 0 Å². The number of amides is 1. The van der Waals surface area contributed by atoms with E-state index in [0.29, 0.717) is 19.8 Å². The van der Waals surface area contributed by atoms with Crippen LogP contribution in [-0.2, 0) is 11.3 Å². The molecule has 2 aliphatic rings. The van der Waals surface area contributed by atoms with Gasteiger partial charge in [0.25, 0.3) is 0 Å². The standard InChI is InChI=1S/C17H24N2O3.ClH/c1-17(18)7-3-2-4-13(17)16(20)19-11-12-5-6-14-15(10-12)22-9-8-21-14;/h5-6,10,13H,2-4,7-9,11,18H2,1H3,(H,19,20);1H. The lowest BCUT2D eigenvalue weighted by molar-refractivity contribution is -0.128. The molecule has 0 spiro atoms. The number of carbonyl (C=O) groups is 1. The summed E-state index contributed by atoms with van der Waals surface area (Å²) in [6, 6.07) is 5.78. The predicted molar refractivity (Wildman–Crippen MR) is 91.1 cm³/mol. The lowest BCUT2D eigenvalue weighted by Gasteiger charge is -2.37. The van der Waals surface area contributed by atoms with E-state index in [2.05, 4.69) is 5.32 Å². The van der Waals surface area contributed by atoms with Gasteiger partial charge in [0, 0.05) is 12.1 Å². The predicted octanol–water partition coefficient (Wildman–Crippen LogP) is 2.40. The summed E-state index contributed by atoms with van der Waals surface area (Å²) in [6.45, 7) is 3.62. The van der Waals surface area contributed by atoms with Crippen molar-refractivity contribution < 1.29 is 14.3 Å². The van der Waals surface area contributed by atoms with E-state index in [0.717, 1.165) is 42.7 Å². The van der Waals surface area contributed by atoms with Crippen LogP contribution < -0.4 is 20.5 Å². The van der Waals surface area contributed by atoms with Crippen LogP contribution in [0.5, 0.6) is 11.5 Å². The van der Waals surface area contributed by atoms with E-state index < -0.39 is 5.54 Å². The second kappa shape index (κ2) is 7.41. The maximum Gasteiger partial charge on any atom is 0.225 e. The number of nitrogens with two attached hydrogens (primary N) is 1. The molecule has 2 unspecified atom stereocenters. The highest BCUT2D eigenvalue weighted by Gasteiger charge is 2.37. The van der Waals surface area contributed by atoms with Gasteiger partial charge in [-0.3, -0.25) is 4.79 Å². The van der Waals surface area contributed by atoms with Gasteiger partial charge in [-0.05, 0) is 37.5 Å². The van der Waals surface area contributed by atoms with Crippen LogP contribution in [0.1, 0.15) is 38.2 Å². The van der Waals surface area contributed by atoms with E-state index in [-0.39, 0.29) is 24.2 Å². The highest BCUT2D eigenvalue weighted by Crippen LogP contribution is 2.32. The van der Waals surface area contributed by atoms with Gasteiger partial charge in [0.1, 0.15) is 13.2 Å². The Morgan fingerprint density at radius 1 is 1.30 bits per heavy atom. The summed E-state index contributed by atoms with van der Waals surface area (Å²) in [5, 5.41) is 3.02. The first-order valence-corrected chi connectivity index (χ1v) is 8.01. The minimum atomic E-state index is -0.394. The molecule has 2 atom stereocenters. The fourth-order valence-corrected chi connectivity index (χ4v) is 3.30. The molecule has 1 aliphatic carbocycles. The largest absolute Gasteiger partial charge is 0.486 e. The molecule has 1 aromatic carbocycles. The molecule has 23 heavy (non-hydrogen) atoms. The number of fused-ring (bicyclic) bond motifs is 1.